The third kappa shape index (κ3) is 5.82. The Labute approximate surface area is 107 Å². The van der Waals surface area contributed by atoms with Crippen molar-refractivity contribution < 1.29 is 8.85 Å². The van der Waals surface area contributed by atoms with Crippen molar-refractivity contribution in [2.24, 2.45) is 0 Å². The van der Waals surface area contributed by atoms with Crippen molar-refractivity contribution in [2.75, 3.05) is 14.2 Å². The summed E-state index contributed by atoms with van der Waals surface area (Å²) in [5.41, 5.74) is 2.05. The van der Waals surface area contributed by atoms with Gasteiger partial charge in [0.2, 0.25) is 0 Å². The first kappa shape index (κ1) is 16.1. The van der Waals surface area contributed by atoms with Crippen LogP contribution in [0, 0.1) is 0 Å². The van der Waals surface area contributed by atoms with Gasteiger partial charge in [-0.15, -0.1) is 0 Å². The molecule has 0 aliphatic heterocycles. The van der Waals surface area contributed by atoms with Crippen molar-refractivity contribution in [3.8, 4) is 0 Å². The second kappa shape index (κ2) is 8.23. The minimum absolute atomic E-state index is 0.873. The lowest BCUT2D eigenvalue weighted by Gasteiger charge is -2.27. The summed E-state index contributed by atoms with van der Waals surface area (Å²) < 4.78 is 11.3. The Bertz CT molecular complexity index is 265. The van der Waals surface area contributed by atoms with Gasteiger partial charge in [-0.25, -0.2) is 0 Å². The first-order valence-electron chi connectivity index (χ1n) is 5.74. The molecule has 0 heterocycles. The molecule has 0 fully saturated rings. The van der Waals surface area contributed by atoms with E-state index < -0.39 is 8.56 Å². The summed E-state index contributed by atoms with van der Waals surface area (Å²) in [4.78, 5) is 0. The molecule has 17 heavy (non-hydrogen) atoms. The summed E-state index contributed by atoms with van der Waals surface area (Å²) in [5, 5.41) is 0. The molecule has 0 bridgehead atoms. The highest BCUT2D eigenvalue weighted by Gasteiger charge is 2.34. The number of hydrogen-bond donors (Lipinski definition) is 0. The van der Waals surface area contributed by atoms with Crippen molar-refractivity contribution in [2.45, 2.75) is 24.9 Å². The number of rotatable bonds is 10. The Morgan fingerprint density at radius 1 is 0.941 bits per heavy atom. The van der Waals surface area contributed by atoms with Crippen LogP contribution in [-0.2, 0) is 8.85 Å². The highest BCUT2D eigenvalue weighted by atomic mass is 28.4. The smallest absolute Gasteiger partial charge is 0.338 e. The van der Waals surface area contributed by atoms with Crippen molar-refractivity contribution in [3.05, 3.63) is 49.6 Å². The predicted molar refractivity (Wildman–Crippen MR) is 77.3 cm³/mol. The van der Waals surface area contributed by atoms with Crippen LogP contribution < -0.4 is 0 Å². The van der Waals surface area contributed by atoms with Crippen LogP contribution in [0.5, 0.6) is 0 Å². The first-order chi connectivity index (χ1) is 8.03. The van der Waals surface area contributed by atoms with Gasteiger partial charge in [-0.05, 0) is 24.9 Å². The minimum atomic E-state index is -2.12. The topological polar surface area (TPSA) is 18.5 Å². The average Bonchev–Trinajstić information content (AvgIpc) is 2.38. The van der Waals surface area contributed by atoms with Crippen LogP contribution in [0.15, 0.2) is 49.6 Å². The van der Waals surface area contributed by atoms with Crippen molar-refractivity contribution in [1.82, 2.24) is 0 Å². The van der Waals surface area contributed by atoms with E-state index in [0.717, 1.165) is 36.1 Å². The highest BCUT2D eigenvalue weighted by molar-refractivity contribution is 6.67. The predicted octanol–water partition coefficient (Wildman–Crippen LogP) is 3.99. The van der Waals surface area contributed by atoms with Crippen LogP contribution >= 0.6 is 0 Å². The van der Waals surface area contributed by atoms with E-state index in [1.54, 1.807) is 26.4 Å². The van der Waals surface area contributed by atoms with Crippen LogP contribution in [0.25, 0.3) is 0 Å². The second-order valence-electron chi connectivity index (χ2n) is 4.04. The molecule has 0 spiro atoms. The van der Waals surface area contributed by atoms with Gasteiger partial charge in [-0.3, -0.25) is 0 Å². The summed E-state index contributed by atoms with van der Waals surface area (Å²) in [6, 6.07) is 1.80. The summed E-state index contributed by atoms with van der Waals surface area (Å²) >= 11 is 0. The zero-order valence-electron chi connectivity index (χ0n) is 11.1. The number of allylic oxidation sites excluding steroid dienone is 4. The van der Waals surface area contributed by atoms with Gasteiger partial charge in [0.05, 0.1) is 0 Å². The maximum absolute atomic E-state index is 5.64. The Balaban J connectivity index is 4.43. The van der Waals surface area contributed by atoms with Crippen LogP contribution in [0.3, 0.4) is 0 Å². The van der Waals surface area contributed by atoms with Gasteiger partial charge in [0.1, 0.15) is 0 Å². The second-order valence-corrected chi connectivity index (χ2v) is 7.68. The monoisotopic (exact) mass is 252 g/mol. The van der Waals surface area contributed by atoms with E-state index in [2.05, 4.69) is 26.3 Å². The Morgan fingerprint density at radius 2 is 1.29 bits per heavy atom. The zero-order valence-corrected chi connectivity index (χ0v) is 12.1. The molecule has 3 heteroatoms. The van der Waals surface area contributed by atoms with Gasteiger partial charge in [-0.1, -0.05) is 49.6 Å². The lowest BCUT2D eigenvalue weighted by molar-refractivity contribution is 0.241. The molecule has 96 valence electrons. The van der Waals surface area contributed by atoms with E-state index in [1.165, 1.54) is 0 Å². The quantitative estimate of drug-likeness (QED) is 0.432. The standard InChI is InChI=1S/C14H24O2Si/c1-7-13(3)9-11-17(15-5,16-6)12-10-14(4)8-2/h7-8H,1-4,9-12H2,5-6H3. The molecule has 0 aliphatic carbocycles. The SMILES string of the molecule is C=CC(=C)CC[Si](CCC(=C)C=C)(OC)OC. The Kier molecular flexibility index (Phi) is 7.79. The van der Waals surface area contributed by atoms with E-state index in [-0.39, 0.29) is 0 Å². The van der Waals surface area contributed by atoms with Crippen molar-refractivity contribution >= 4 is 8.56 Å². The van der Waals surface area contributed by atoms with E-state index in [9.17, 15) is 0 Å². The fourth-order valence-electron chi connectivity index (χ4n) is 1.52. The molecule has 0 amide bonds. The molecule has 0 rings (SSSR count). The summed E-state index contributed by atoms with van der Waals surface area (Å²) in [7, 11) is 1.33. The fraction of sp³-hybridized carbons (Fsp3) is 0.429. The van der Waals surface area contributed by atoms with Gasteiger partial charge in [0, 0.05) is 14.2 Å². The van der Waals surface area contributed by atoms with Crippen LogP contribution in [0.4, 0.5) is 0 Å². The molecule has 2 nitrogen and oxygen atoms in total. The maximum Gasteiger partial charge on any atom is 0.338 e. The third-order valence-corrected chi connectivity index (χ3v) is 6.49. The summed E-state index contributed by atoms with van der Waals surface area (Å²) in [6.45, 7) is 15.2. The molecule has 0 aliphatic rings. The van der Waals surface area contributed by atoms with Gasteiger partial charge >= 0.3 is 8.56 Å². The maximum atomic E-state index is 5.64. The molecule has 0 aromatic heterocycles. The summed E-state index contributed by atoms with van der Waals surface area (Å²) in [6.07, 6.45) is 5.32. The van der Waals surface area contributed by atoms with Crippen LogP contribution in [0.1, 0.15) is 12.8 Å². The molecule has 0 saturated carbocycles. The molecule has 0 aromatic rings. The third-order valence-electron chi connectivity index (χ3n) is 2.98. The van der Waals surface area contributed by atoms with E-state index in [0.29, 0.717) is 0 Å². The zero-order chi connectivity index (χ0) is 13.3. The normalized spacial score (nSPS) is 10.9. The van der Waals surface area contributed by atoms with Crippen LogP contribution in [0.2, 0.25) is 12.1 Å². The van der Waals surface area contributed by atoms with Crippen molar-refractivity contribution in [1.29, 1.82) is 0 Å². The highest BCUT2D eigenvalue weighted by Crippen LogP contribution is 2.25. The lowest BCUT2D eigenvalue weighted by atomic mass is 10.2. The average molecular weight is 252 g/mol. The first-order valence-corrected chi connectivity index (χ1v) is 7.97. The van der Waals surface area contributed by atoms with Gasteiger partial charge < -0.3 is 8.85 Å². The van der Waals surface area contributed by atoms with Gasteiger partial charge in [-0.2, -0.15) is 0 Å². The molecule has 0 saturated heterocycles. The van der Waals surface area contributed by atoms with E-state index in [4.69, 9.17) is 8.85 Å². The molecular weight excluding hydrogens is 228 g/mol. The molecule has 0 N–H and O–H groups in total. The minimum Gasteiger partial charge on any atom is -0.398 e. The van der Waals surface area contributed by atoms with E-state index in [1.807, 2.05) is 0 Å². The Morgan fingerprint density at radius 3 is 1.53 bits per heavy atom. The van der Waals surface area contributed by atoms with E-state index >= 15 is 0 Å². The van der Waals surface area contributed by atoms with Crippen molar-refractivity contribution in [3.63, 3.8) is 0 Å². The molecule has 0 atom stereocenters. The fourth-order valence-corrected chi connectivity index (χ4v) is 4.16. The largest absolute Gasteiger partial charge is 0.398 e. The van der Waals surface area contributed by atoms with Gasteiger partial charge in [0.15, 0.2) is 0 Å². The molecular formula is C14H24O2Si. The number of hydrogen-bond acceptors (Lipinski definition) is 2. The molecule has 0 unspecified atom stereocenters. The van der Waals surface area contributed by atoms with Crippen LogP contribution in [-0.4, -0.2) is 22.8 Å². The Hall–Kier alpha value is -0.903. The molecule has 0 radical (unpaired) electrons. The lowest BCUT2D eigenvalue weighted by Crippen LogP contribution is -2.39. The summed E-state index contributed by atoms with van der Waals surface area (Å²) in [5.74, 6) is 0. The van der Waals surface area contributed by atoms with Gasteiger partial charge in [0.25, 0.3) is 0 Å². The molecule has 0 aromatic carbocycles.